The second kappa shape index (κ2) is 9.61. The van der Waals surface area contributed by atoms with E-state index in [1.54, 1.807) is 6.20 Å². The van der Waals surface area contributed by atoms with Crippen LogP contribution in [0.2, 0.25) is 0 Å². The van der Waals surface area contributed by atoms with Gasteiger partial charge in [0.2, 0.25) is 6.79 Å². The first-order chi connectivity index (χ1) is 17.6. The van der Waals surface area contributed by atoms with E-state index in [0.29, 0.717) is 52.1 Å². The number of benzene rings is 1. The summed E-state index contributed by atoms with van der Waals surface area (Å²) in [6, 6.07) is 3.88. The van der Waals surface area contributed by atoms with Crippen LogP contribution in [-0.2, 0) is 0 Å². The van der Waals surface area contributed by atoms with Crippen LogP contribution < -0.4 is 19.5 Å². The standard InChI is InChI=1S/C27H32N5O4/c1-16(2)11-32-9-3-4-18(12-32)31-27(33)19-10-28-25-23(19)29-14-30-24(25)22-20(34-13-17-5-6-17)7-8-21-26(22)36-15-35-21/h7-8,10,14,17-18,28H,3-6,9,11-13,15H2,1-2H3,(H,31,33)/t18-/m0/s1. The van der Waals surface area contributed by atoms with Crippen molar-refractivity contribution in [2.75, 3.05) is 33.0 Å². The lowest BCUT2D eigenvalue weighted by Gasteiger charge is -2.33. The highest BCUT2D eigenvalue weighted by Crippen LogP contribution is 2.48. The molecule has 3 aromatic rings. The minimum Gasteiger partial charge on any atom is -0.492 e. The first-order valence-corrected chi connectivity index (χ1v) is 12.8. The Kier molecular flexibility index (Phi) is 6.17. The van der Waals surface area contributed by atoms with Crippen LogP contribution in [0.25, 0.3) is 22.3 Å². The summed E-state index contributed by atoms with van der Waals surface area (Å²) in [5.41, 5.74) is 3.11. The molecule has 0 spiro atoms. The number of nitrogens with one attached hydrogen (secondary N) is 2. The predicted octanol–water partition coefficient (Wildman–Crippen LogP) is 3.95. The zero-order valence-electron chi connectivity index (χ0n) is 20.8. The van der Waals surface area contributed by atoms with Gasteiger partial charge in [-0.15, -0.1) is 0 Å². The number of H-pyrrole nitrogens is 1. The van der Waals surface area contributed by atoms with Crippen molar-refractivity contribution in [1.29, 1.82) is 0 Å². The van der Waals surface area contributed by atoms with E-state index in [2.05, 4.69) is 39.0 Å². The van der Waals surface area contributed by atoms with Crippen molar-refractivity contribution in [3.8, 4) is 28.5 Å². The first kappa shape index (κ1) is 23.1. The maximum atomic E-state index is 13.3. The summed E-state index contributed by atoms with van der Waals surface area (Å²) in [6.07, 6.45) is 7.65. The van der Waals surface area contributed by atoms with Crippen LogP contribution in [0.15, 0.2) is 24.7 Å². The quantitative estimate of drug-likeness (QED) is 0.493. The molecule has 9 heteroatoms. The molecule has 2 fully saturated rings. The van der Waals surface area contributed by atoms with E-state index in [-0.39, 0.29) is 18.7 Å². The van der Waals surface area contributed by atoms with Gasteiger partial charge >= 0.3 is 0 Å². The Bertz CT molecular complexity index is 1270. The minimum atomic E-state index is -0.127. The van der Waals surface area contributed by atoms with Gasteiger partial charge in [-0.2, -0.15) is 0 Å². The van der Waals surface area contributed by atoms with Gasteiger partial charge in [-0.1, -0.05) is 13.8 Å². The summed E-state index contributed by atoms with van der Waals surface area (Å²) in [7, 11) is 0. The number of aromatic nitrogens is 3. The molecule has 189 valence electrons. The zero-order chi connectivity index (χ0) is 24.6. The second-order valence-electron chi connectivity index (χ2n) is 10.3. The summed E-state index contributed by atoms with van der Waals surface area (Å²) in [5.74, 6) is 3.81. The van der Waals surface area contributed by atoms with Crippen LogP contribution in [0, 0.1) is 11.8 Å². The fourth-order valence-electron chi connectivity index (χ4n) is 5.12. The lowest BCUT2D eigenvalue weighted by molar-refractivity contribution is 0.0907. The van der Waals surface area contributed by atoms with E-state index < -0.39 is 0 Å². The molecule has 0 unspecified atom stereocenters. The van der Waals surface area contributed by atoms with Crippen molar-refractivity contribution < 1.29 is 19.0 Å². The number of hydrogen-bond donors (Lipinski definition) is 2. The summed E-state index contributed by atoms with van der Waals surface area (Å²) in [5, 5.41) is 3.23. The van der Waals surface area contributed by atoms with Gasteiger partial charge in [0.1, 0.15) is 23.3 Å². The number of likely N-dealkylation sites (tertiary alicyclic amines) is 1. The Labute approximate surface area is 210 Å². The van der Waals surface area contributed by atoms with E-state index in [1.165, 1.54) is 25.1 Å². The summed E-state index contributed by atoms with van der Waals surface area (Å²) < 4.78 is 17.6. The predicted molar refractivity (Wildman–Crippen MR) is 135 cm³/mol. The lowest BCUT2D eigenvalue weighted by atomic mass is 10.0. The van der Waals surface area contributed by atoms with Gasteiger partial charge in [-0.3, -0.25) is 4.79 Å². The minimum absolute atomic E-state index is 0.113. The summed E-state index contributed by atoms with van der Waals surface area (Å²) in [4.78, 5) is 28.0. The van der Waals surface area contributed by atoms with Gasteiger partial charge < -0.3 is 29.4 Å². The highest BCUT2D eigenvalue weighted by Gasteiger charge is 2.29. The normalized spacial score (nSPS) is 19.7. The molecule has 2 aromatic heterocycles. The van der Waals surface area contributed by atoms with Gasteiger partial charge in [-0.05, 0) is 56.2 Å². The topological polar surface area (TPSA) is 102 Å². The van der Waals surface area contributed by atoms with Crippen molar-refractivity contribution in [3.05, 3.63) is 36.1 Å². The molecule has 1 aliphatic carbocycles. The third kappa shape index (κ3) is 4.59. The molecule has 4 heterocycles. The summed E-state index contributed by atoms with van der Waals surface area (Å²) >= 11 is 0. The van der Waals surface area contributed by atoms with Crippen LogP contribution in [0.3, 0.4) is 0 Å². The van der Waals surface area contributed by atoms with Crippen LogP contribution >= 0.6 is 0 Å². The number of rotatable bonds is 8. The highest BCUT2D eigenvalue weighted by atomic mass is 16.7. The molecule has 3 aliphatic rings. The number of amides is 1. The first-order valence-electron chi connectivity index (χ1n) is 12.8. The van der Waals surface area contributed by atoms with Gasteiger partial charge in [0.15, 0.2) is 11.5 Å². The average Bonchev–Trinajstić information content (AvgIpc) is 3.38. The molecule has 2 aliphatic heterocycles. The average molecular weight is 491 g/mol. The number of carbonyl (C=O) groups is 1. The molecular formula is C27H32N5O4. The Balaban J connectivity index is 1.29. The van der Waals surface area contributed by atoms with Crippen LogP contribution in [0.4, 0.5) is 0 Å². The molecule has 1 aromatic carbocycles. The van der Waals surface area contributed by atoms with Crippen molar-refractivity contribution >= 4 is 16.9 Å². The Hall–Kier alpha value is -3.33. The van der Waals surface area contributed by atoms with Crippen molar-refractivity contribution in [3.63, 3.8) is 0 Å². The fourth-order valence-corrected chi connectivity index (χ4v) is 5.12. The maximum Gasteiger partial charge on any atom is 0.255 e. The van der Waals surface area contributed by atoms with Crippen molar-refractivity contribution in [2.45, 2.75) is 45.6 Å². The zero-order valence-corrected chi connectivity index (χ0v) is 20.8. The number of hydrogen-bond acceptors (Lipinski definition) is 7. The van der Waals surface area contributed by atoms with Crippen LogP contribution in [0.5, 0.6) is 17.2 Å². The van der Waals surface area contributed by atoms with Gasteiger partial charge in [0.25, 0.3) is 5.91 Å². The number of aromatic amines is 1. The molecule has 1 atom stereocenters. The number of piperidine rings is 1. The molecule has 1 saturated heterocycles. The number of fused-ring (bicyclic) bond motifs is 2. The van der Waals surface area contributed by atoms with Crippen LogP contribution in [-0.4, -0.2) is 64.8 Å². The molecule has 9 nitrogen and oxygen atoms in total. The van der Waals surface area contributed by atoms with E-state index >= 15 is 0 Å². The van der Waals surface area contributed by atoms with E-state index in [0.717, 1.165) is 38.0 Å². The van der Waals surface area contributed by atoms with Gasteiger partial charge in [-0.25, -0.2) is 9.97 Å². The van der Waals surface area contributed by atoms with Gasteiger partial charge in [0, 0.05) is 25.3 Å². The Morgan fingerprint density at radius 1 is 1.22 bits per heavy atom. The summed E-state index contributed by atoms with van der Waals surface area (Å²) in [6.45, 7) is 7.99. The monoisotopic (exact) mass is 490 g/mol. The number of carbonyl (C=O) groups excluding carboxylic acids is 1. The fraction of sp³-hybridized carbons (Fsp3) is 0.481. The molecular weight excluding hydrogens is 458 g/mol. The molecule has 1 radical (unpaired) electrons. The third-order valence-electron chi connectivity index (χ3n) is 7.00. The van der Waals surface area contributed by atoms with Crippen molar-refractivity contribution in [1.82, 2.24) is 25.2 Å². The Morgan fingerprint density at radius 3 is 2.94 bits per heavy atom. The SMILES string of the molecule is C[C](C)CN1CCC[C@H](NC(=O)c2c[nH]c3c(-c4c(OCC5CC5)ccc5c4OCO5)ncnc23)C1. The molecule has 1 saturated carbocycles. The smallest absolute Gasteiger partial charge is 0.255 e. The van der Waals surface area contributed by atoms with Crippen molar-refractivity contribution in [2.24, 2.45) is 5.92 Å². The Morgan fingerprint density at radius 2 is 2.11 bits per heavy atom. The van der Waals surface area contributed by atoms with Gasteiger partial charge in [0.05, 0.1) is 23.3 Å². The molecule has 2 N–H and O–H groups in total. The van der Waals surface area contributed by atoms with Crippen LogP contribution in [0.1, 0.15) is 49.9 Å². The maximum absolute atomic E-state index is 13.3. The molecule has 36 heavy (non-hydrogen) atoms. The molecule has 0 bridgehead atoms. The lowest BCUT2D eigenvalue weighted by Crippen LogP contribution is -2.48. The largest absolute Gasteiger partial charge is 0.492 e. The molecule has 1 amide bonds. The van der Waals surface area contributed by atoms with E-state index in [9.17, 15) is 4.79 Å². The van der Waals surface area contributed by atoms with E-state index in [1.807, 2.05) is 12.1 Å². The van der Waals surface area contributed by atoms with E-state index in [4.69, 9.17) is 14.2 Å². The third-order valence-corrected chi connectivity index (χ3v) is 7.00. The number of nitrogens with zero attached hydrogens (tertiary/aromatic N) is 3. The molecule has 6 rings (SSSR count). The second-order valence-corrected chi connectivity index (χ2v) is 10.3. The number of ether oxygens (including phenoxy) is 3. The highest BCUT2D eigenvalue weighted by molar-refractivity contribution is 6.08.